The molecule has 10 heteroatoms. The van der Waals surface area contributed by atoms with Crippen LogP contribution in [0.15, 0.2) is 102 Å². The predicted octanol–water partition coefficient (Wildman–Crippen LogP) is 7.48. The number of fused-ring (bicyclic) bond motifs is 2. The quantitative estimate of drug-likeness (QED) is 0.177. The van der Waals surface area contributed by atoms with E-state index in [1.807, 2.05) is 89.0 Å². The van der Waals surface area contributed by atoms with E-state index in [-0.39, 0.29) is 6.67 Å². The maximum Gasteiger partial charge on any atom is 0.228 e. The molecule has 0 aliphatic heterocycles. The topological polar surface area (TPSA) is 59.1 Å². The zero-order valence-corrected chi connectivity index (χ0v) is 24.5. The molecule has 4 heterocycles. The predicted molar refractivity (Wildman–Crippen MR) is 168 cm³/mol. The van der Waals surface area contributed by atoms with Gasteiger partial charge in [0.2, 0.25) is 6.86 Å². The summed E-state index contributed by atoms with van der Waals surface area (Å²) in [5.74, 6) is 0.501. The summed E-state index contributed by atoms with van der Waals surface area (Å²) in [6.07, 6.45) is 9.92. The lowest BCUT2D eigenvalue weighted by Crippen LogP contribution is -2.08. The first-order chi connectivity index (χ1) is 20.5. The molecule has 0 aliphatic carbocycles. The summed E-state index contributed by atoms with van der Waals surface area (Å²) in [7, 11) is 3.99. The van der Waals surface area contributed by atoms with Gasteiger partial charge in [0.1, 0.15) is 23.7 Å². The molecule has 0 bridgehead atoms. The molecule has 42 heavy (non-hydrogen) atoms. The van der Waals surface area contributed by atoms with E-state index in [1.165, 1.54) is 4.90 Å². The lowest BCUT2D eigenvalue weighted by Gasteiger charge is -2.11. The van der Waals surface area contributed by atoms with Crippen LogP contribution in [0.3, 0.4) is 0 Å². The number of alkyl halides is 2. The highest BCUT2D eigenvalue weighted by atomic mass is 32.2. The number of benzene rings is 2. The molecule has 0 spiro atoms. The van der Waals surface area contributed by atoms with Crippen molar-refractivity contribution in [1.29, 1.82) is 0 Å². The minimum atomic E-state index is -0.833. The Kier molecular flexibility index (Phi) is 9.23. The Morgan fingerprint density at radius 2 is 1.52 bits per heavy atom. The fourth-order valence-corrected chi connectivity index (χ4v) is 4.79. The van der Waals surface area contributed by atoms with Crippen LogP contribution in [0, 0.1) is 0 Å². The minimum Gasteiger partial charge on any atom is -0.463 e. The number of ether oxygens (including phenoxy) is 1. The fraction of sp³-hybridized carbons (Fsp3) is 0.188. The number of imidazole rings is 2. The monoisotopic (exact) mass is 586 g/mol. The van der Waals surface area contributed by atoms with Gasteiger partial charge in [-0.15, -0.1) is 11.8 Å². The number of nitrogens with zero attached hydrogens (tertiary/aromatic N) is 5. The number of hydrogen-bond donors (Lipinski definition) is 1. The Hall–Kier alpha value is -4.57. The summed E-state index contributed by atoms with van der Waals surface area (Å²) >= 11 is 1.72. The molecule has 0 radical (unpaired) electrons. The molecule has 0 fully saturated rings. The lowest BCUT2D eigenvalue weighted by atomic mass is 10.1. The SMILES string of the molecule is CN(C)c1ccn2cc(-c3cccc(OCF)c3)nc2c1.CSc1ccc(-c2cn3ccc(NCCF)cc3n2)cc1. The van der Waals surface area contributed by atoms with Gasteiger partial charge < -0.3 is 23.8 Å². The summed E-state index contributed by atoms with van der Waals surface area (Å²) in [6.45, 7) is -0.895. The molecule has 7 nitrogen and oxygen atoms in total. The summed E-state index contributed by atoms with van der Waals surface area (Å²) in [5.41, 5.74) is 7.45. The normalized spacial score (nSPS) is 10.9. The Bertz CT molecular complexity index is 1770. The summed E-state index contributed by atoms with van der Waals surface area (Å²) in [6, 6.07) is 23.5. The molecule has 0 amide bonds. The summed E-state index contributed by atoms with van der Waals surface area (Å²) in [5, 5.41) is 3.02. The van der Waals surface area contributed by atoms with Crippen LogP contribution in [-0.4, -0.2) is 59.2 Å². The van der Waals surface area contributed by atoms with Gasteiger partial charge in [-0.1, -0.05) is 24.3 Å². The number of thioether (sulfide) groups is 1. The van der Waals surface area contributed by atoms with E-state index in [1.54, 1.807) is 23.9 Å². The van der Waals surface area contributed by atoms with E-state index in [4.69, 9.17) is 4.74 Å². The number of pyridine rings is 2. The average Bonchev–Trinajstić information content (AvgIpc) is 3.64. The highest BCUT2D eigenvalue weighted by Gasteiger charge is 2.08. The molecule has 0 atom stereocenters. The Labute approximate surface area is 247 Å². The van der Waals surface area contributed by atoms with Crippen molar-refractivity contribution >= 4 is 34.4 Å². The highest BCUT2D eigenvalue weighted by molar-refractivity contribution is 7.98. The molecule has 6 rings (SSSR count). The minimum absolute atomic E-state index is 0.319. The number of nitrogens with one attached hydrogen (secondary N) is 1. The van der Waals surface area contributed by atoms with Crippen molar-refractivity contribution in [3.8, 4) is 28.3 Å². The second-order valence-corrected chi connectivity index (χ2v) is 10.5. The number of rotatable bonds is 9. The van der Waals surface area contributed by atoms with Crippen LogP contribution in [0.2, 0.25) is 0 Å². The van der Waals surface area contributed by atoms with Crippen molar-refractivity contribution in [2.75, 3.05) is 50.6 Å². The second kappa shape index (κ2) is 13.4. The lowest BCUT2D eigenvalue weighted by molar-refractivity contribution is 0.192. The molecule has 0 saturated heterocycles. The zero-order chi connectivity index (χ0) is 29.5. The Morgan fingerprint density at radius 3 is 2.19 bits per heavy atom. The van der Waals surface area contributed by atoms with Crippen molar-refractivity contribution in [2.24, 2.45) is 0 Å². The zero-order valence-electron chi connectivity index (χ0n) is 23.7. The average molecular weight is 587 g/mol. The summed E-state index contributed by atoms with van der Waals surface area (Å²) < 4.78 is 33.3. The highest BCUT2D eigenvalue weighted by Crippen LogP contribution is 2.26. The van der Waals surface area contributed by atoms with Gasteiger partial charge in [0.25, 0.3) is 0 Å². The number of hydrogen-bond acceptors (Lipinski definition) is 6. The van der Waals surface area contributed by atoms with Gasteiger partial charge in [-0.05, 0) is 42.7 Å². The molecule has 216 valence electrons. The molecule has 1 N–H and O–H groups in total. The van der Waals surface area contributed by atoms with Crippen molar-refractivity contribution < 1.29 is 13.5 Å². The van der Waals surface area contributed by atoms with Crippen molar-refractivity contribution in [3.63, 3.8) is 0 Å². The molecular formula is C32H32F2N6OS. The number of anilines is 2. The van der Waals surface area contributed by atoms with Crippen LogP contribution in [0.1, 0.15) is 0 Å². The number of aromatic nitrogens is 4. The van der Waals surface area contributed by atoms with E-state index in [9.17, 15) is 8.78 Å². The first-order valence-corrected chi connectivity index (χ1v) is 14.6. The first kappa shape index (κ1) is 28.9. The smallest absolute Gasteiger partial charge is 0.228 e. The molecule has 2 aromatic carbocycles. The fourth-order valence-electron chi connectivity index (χ4n) is 4.38. The molecular weight excluding hydrogens is 554 g/mol. The van der Waals surface area contributed by atoms with E-state index in [0.717, 1.165) is 45.2 Å². The van der Waals surface area contributed by atoms with Crippen LogP contribution in [-0.2, 0) is 0 Å². The largest absolute Gasteiger partial charge is 0.463 e. The van der Waals surface area contributed by atoms with Crippen molar-refractivity contribution in [1.82, 2.24) is 18.8 Å². The van der Waals surface area contributed by atoms with Crippen LogP contribution in [0.4, 0.5) is 20.2 Å². The third kappa shape index (κ3) is 6.83. The van der Waals surface area contributed by atoms with Crippen molar-refractivity contribution in [3.05, 3.63) is 97.6 Å². The van der Waals surface area contributed by atoms with Gasteiger partial charge in [-0.2, -0.15) is 0 Å². The van der Waals surface area contributed by atoms with E-state index in [0.29, 0.717) is 12.3 Å². The first-order valence-electron chi connectivity index (χ1n) is 13.4. The van der Waals surface area contributed by atoms with E-state index >= 15 is 0 Å². The second-order valence-electron chi connectivity index (χ2n) is 9.60. The van der Waals surface area contributed by atoms with Gasteiger partial charge in [0, 0.05) is 85.0 Å². The van der Waals surface area contributed by atoms with Crippen molar-refractivity contribution in [2.45, 2.75) is 4.90 Å². The third-order valence-corrected chi connectivity index (χ3v) is 7.32. The molecule has 0 aliphatic rings. The molecule has 6 aromatic rings. The van der Waals surface area contributed by atoms with Gasteiger partial charge >= 0.3 is 0 Å². The van der Waals surface area contributed by atoms with E-state index < -0.39 is 6.86 Å². The Balaban J connectivity index is 0.000000168. The third-order valence-electron chi connectivity index (χ3n) is 6.58. The molecule has 0 unspecified atom stereocenters. The molecule has 4 aromatic heterocycles. The van der Waals surface area contributed by atoms with Crippen LogP contribution in [0.25, 0.3) is 33.8 Å². The standard InChI is InChI=1S/C16H16FN3O.C16H16FN3S/c1-19(2)13-6-7-20-10-15(18-16(20)9-13)12-4-3-5-14(8-12)21-11-17;1-21-14-4-2-12(3-5-14)15-11-20-9-6-13(18-8-7-17)10-16(20)19-15/h3-10H,11H2,1-2H3;2-6,9-11,18H,7-8H2,1H3. The number of halogens is 2. The van der Waals surface area contributed by atoms with Gasteiger partial charge in [0.05, 0.1) is 11.4 Å². The van der Waals surface area contributed by atoms with Crippen LogP contribution >= 0.6 is 11.8 Å². The maximum absolute atomic E-state index is 12.3. The van der Waals surface area contributed by atoms with Gasteiger partial charge in [0.15, 0.2) is 0 Å². The van der Waals surface area contributed by atoms with Gasteiger partial charge in [-0.3, -0.25) is 0 Å². The van der Waals surface area contributed by atoms with Crippen LogP contribution in [0.5, 0.6) is 5.75 Å². The van der Waals surface area contributed by atoms with Crippen LogP contribution < -0.4 is 15.0 Å². The molecule has 0 saturated carbocycles. The maximum atomic E-state index is 12.3. The van der Waals surface area contributed by atoms with E-state index in [2.05, 4.69) is 45.8 Å². The Morgan fingerprint density at radius 1 is 0.833 bits per heavy atom. The summed E-state index contributed by atoms with van der Waals surface area (Å²) in [4.78, 5) is 12.5. The van der Waals surface area contributed by atoms with Gasteiger partial charge in [-0.25, -0.2) is 18.7 Å².